The molecule has 0 spiro atoms. The number of anilines is 1. The maximum absolute atomic E-state index is 3.56. The molecule has 0 heterocycles. The summed E-state index contributed by atoms with van der Waals surface area (Å²) in [4.78, 5) is 0. The van der Waals surface area contributed by atoms with Crippen LogP contribution in [0.4, 0.5) is 5.69 Å². The lowest BCUT2D eigenvalue weighted by Crippen LogP contribution is -2.17. The first-order valence-electron chi connectivity index (χ1n) is 5.20. The molecule has 0 saturated heterocycles. The van der Waals surface area contributed by atoms with Crippen molar-refractivity contribution in [1.29, 1.82) is 0 Å². The molecule has 2 heteroatoms. The van der Waals surface area contributed by atoms with Gasteiger partial charge in [0.25, 0.3) is 0 Å². The van der Waals surface area contributed by atoms with Gasteiger partial charge in [-0.25, -0.2) is 0 Å². The third-order valence-electron chi connectivity index (χ3n) is 2.54. The Kier molecular flexibility index (Phi) is 4.46. The van der Waals surface area contributed by atoms with Gasteiger partial charge in [0.1, 0.15) is 0 Å². The van der Waals surface area contributed by atoms with Crippen LogP contribution in [0.15, 0.2) is 22.7 Å². The van der Waals surface area contributed by atoms with Crippen LogP contribution in [0.1, 0.15) is 32.3 Å². The van der Waals surface area contributed by atoms with Crippen molar-refractivity contribution in [2.24, 2.45) is 0 Å². The number of aryl methyl sites for hydroxylation is 1. The van der Waals surface area contributed by atoms with Crippen LogP contribution in [-0.2, 0) is 0 Å². The average molecular weight is 256 g/mol. The summed E-state index contributed by atoms with van der Waals surface area (Å²) in [6.07, 6.45) is 2.34. The Hall–Kier alpha value is -0.500. The molecule has 0 fully saturated rings. The minimum Gasteiger partial charge on any atom is -0.382 e. The van der Waals surface area contributed by atoms with Gasteiger partial charge < -0.3 is 5.32 Å². The van der Waals surface area contributed by atoms with Crippen molar-refractivity contribution in [2.45, 2.75) is 39.7 Å². The molecule has 0 aliphatic rings. The van der Waals surface area contributed by atoms with E-state index in [1.54, 1.807) is 0 Å². The maximum atomic E-state index is 3.56. The number of rotatable bonds is 4. The van der Waals surface area contributed by atoms with E-state index in [4.69, 9.17) is 0 Å². The lowest BCUT2D eigenvalue weighted by atomic mass is 10.1. The van der Waals surface area contributed by atoms with Crippen molar-refractivity contribution >= 4 is 21.6 Å². The van der Waals surface area contributed by atoms with Crippen molar-refractivity contribution < 1.29 is 0 Å². The third kappa shape index (κ3) is 3.02. The SMILES string of the molecule is CCC(CC)Nc1cc(Br)ccc1C. The highest BCUT2D eigenvalue weighted by Crippen LogP contribution is 2.22. The Morgan fingerprint density at radius 2 is 1.93 bits per heavy atom. The highest BCUT2D eigenvalue weighted by Gasteiger charge is 2.05. The van der Waals surface area contributed by atoms with E-state index in [0.29, 0.717) is 6.04 Å². The van der Waals surface area contributed by atoms with Crippen LogP contribution in [0.25, 0.3) is 0 Å². The molecule has 0 radical (unpaired) electrons. The number of nitrogens with one attached hydrogen (secondary N) is 1. The Labute approximate surface area is 95.0 Å². The topological polar surface area (TPSA) is 12.0 Å². The summed E-state index contributed by atoms with van der Waals surface area (Å²) >= 11 is 3.49. The van der Waals surface area contributed by atoms with Crippen LogP contribution in [0.3, 0.4) is 0 Å². The monoisotopic (exact) mass is 255 g/mol. The van der Waals surface area contributed by atoms with Crippen molar-refractivity contribution in [1.82, 2.24) is 0 Å². The van der Waals surface area contributed by atoms with Crippen LogP contribution in [0.5, 0.6) is 0 Å². The summed E-state index contributed by atoms with van der Waals surface area (Å²) in [5, 5.41) is 3.56. The number of hydrogen-bond donors (Lipinski definition) is 1. The quantitative estimate of drug-likeness (QED) is 0.844. The smallest absolute Gasteiger partial charge is 0.0383 e. The zero-order valence-electron chi connectivity index (χ0n) is 9.10. The second-order valence-corrected chi connectivity index (χ2v) is 4.53. The molecule has 0 aliphatic heterocycles. The summed E-state index contributed by atoms with van der Waals surface area (Å²) < 4.78 is 1.14. The molecule has 1 rings (SSSR count). The van der Waals surface area contributed by atoms with Crippen LogP contribution in [0.2, 0.25) is 0 Å². The highest BCUT2D eigenvalue weighted by atomic mass is 79.9. The first kappa shape index (κ1) is 11.6. The second kappa shape index (κ2) is 5.40. The van der Waals surface area contributed by atoms with E-state index >= 15 is 0 Å². The predicted octanol–water partition coefficient (Wildman–Crippen LogP) is 4.36. The fourth-order valence-electron chi connectivity index (χ4n) is 1.46. The van der Waals surface area contributed by atoms with Crippen molar-refractivity contribution in [3.05, 3.63) is 28.2 Å². The van der Waals surface area contributed by atoms with Crippen molar-refractivity contribution in [3.8, 4) is 0 Å². The molecule has 0 unspecified atom stereocenters. The zero-order valence-corrected chi connectivity index (χ0v) is 10.7. The van der Waals surface area contributed by atoms with Gasteiger partial charge in [0, 0.05) is 16.2 Å². The van der Waals surface area contributed by atoms with Gasteiger partial charge in [-0.3, -0.25) is 0 Å². The Morgan fingerprint density at radius 3 is 2.50 bits per heavy atom. The Morgan fingerprint density at radius 1 is 1.29 bits per heavy atom. The zero-order chi connectivity index (χ0) is 10.6. The Bertz CT molecular complexity index is 292. The summed E-state index contributed by atoms with van der Waals surface area (Å²) in [6.45, 7) is 6.57. The van der Waals surface area contributed by atoms with Crippen LogP contribution in [-0.4, -0.2) is 6.04 Å². The summed E-state index contributed by atoms with van der Waals surface area (Å²) in [5.74, 6) is 0. The molecule has 0 saturated carbocycles. The summed E-state index contributed by atoms with van der Waals surface area (Å²) in [6, 6.07) is 6.94. The largest absolute Gasteiger partial charge is 0.382 e. The second-order valence-electron chi connectivity index (χ2n) is 3.62. The Balaban J connectivity index is 2.79. The molecule has 0 amide bonds. The van der Waals surface area contributed by atoms with E-state index in [2.05, 4.69) is 60.2 Å². The van der Waals surface area contributed by atoms with Gasteiger partial charge in [-0.2, -0.15) is 0 Å². The molecular weight excluding hydrogens is 238 g/mol. The maximum Gasteiger partial charge on any atom is 0.0383 e. The molecule has 0 bridgehead atoms. The molecule has 14 heavy (non-hydrogen) atoms. The molecule has 0 aromatic heterocycles. The molecule has 1 aromatic carbocycles. The van der Waals surface area contributed by atoms with Gasteiger partial charge >= 0.3 is 0 Å². The van der Waals surface area contributed by atoms with Gasteiger partial charge in [-0.15, -0.1) is 0 Å². The summed E-state index contributed by atoms with van der Waals surface area (Å²) in [5.41, 5.74) is 2.55. The predicted molar refractivity (Wildman–Crippen MR) is 66.9 cm³/mol. The van der Waals surface area contributed by atoms with Gasteiger partial charge in [0.05, 0.1) is 0 Å². The number of hydrogen-bond acceptors (Lipinski definition) is 1. The molecule has 1 aromatic rings. The minimum absolute atomic E-state index is 0.586. The summed E-state index contributed by atoms with van der Waals surface area (Å²) in [7, 11) is 0. The number of halogens is 1. The van der Waals surface area contributed by atoms with Gasteiger partial charge in [0.2, 0.25) is 0 Å². The van der Waals surface area contributed by atoms with Gasteiger partial charge in [-0.05, 0) is 37.5 Å². The molecule has 1 N–H and O–H groups in total. The third-order valence-corrected chi connectivity index (χ3v) is 3.04. The van der Waals surface area contributed by atoms with E-state index < -0.39 is 0 Å². The van der Waals surface area contributed by atoms with E-state index in [1.165, 1.54) is 24.1 Å². The van der Waals surface area contributed by atoms with Crippen molar-refractivity contribution in [2.75, 3.05) is 5.32 Å². The lowest BCUT2D eigenvalue weighted by molar-refractivity contribution is 0.671. The van der Waals surface area contributed by atoms with Crippen LogP contribution in [0, 0.1) is 6.92 Å². The van der Waals surface area contributed by atoms with E-state index in [9.17, 15) is 0 Å². The highest BCUT2D eigenvalue weighted by molar-refractivity contribution is 9.10. The van der Waals surface area contributed by atoms with E-state index in [1.807, 2.05) is 0 Å². The molecule has 0 atom stereocenters. The molecule has 78 valence electrons. The van der Waals surface area contributed by atoms with Gasteiger partial charge in [-0.1, -0.05) is 35.8 Å². The fourth-order valence-corrected chi connectivity index (χ4v) is 1.82. The first-order valence-corrected chi connectivity index (χ1v) is 5.99. The normalized spacial score (nSPS) is 10.6. The lowest BCUT2D eigenvalue weighted by Gasteiger charge is -2.18. The standard InChI is InChI=1S/C12H18BrN/c1-4-11(5-2)14-12-8-10(13)7-6-9(12)3/h6-8,11,14H,4-5H2,1-3H3. The molecule has 0 aliphatic carbocycles. The van der Waals surface area contributed by atoms with Crippen molar-refractivity contribution in [3.63, 3.8) is 0 Å². The van der Waals surface area contributed by atoms with Gasteiger partial charge in [0.15, 0.2) is 0 Å². The minimum atomic E-state index is 0.586. The van der Waals surface area contributed by atoms with E-state index in [0.717, 1.165) is 4.47 Å². The van der Waals surface area contributed by atoms with E-state index in [-0.39, 0.29) is 0 Å². The number of benzene rings is 1. The average Bonchev–Trinajstić information content (AvgIpc) is 2.19. The first-order chi connectivity index (χ1) is 6.67. The van der Waals surface area contributed by atoms with Crippen LogP contribution < -0.4 is 5.32 Å². The molecule has 1 nitrogen and oxygen atoms in total. The molecular formula is C12H18BrN. The van der Waals surface area contributed by atoms with Crippen LogP contribution >= 0.6 is 15.9 Å². The fraction of sp³-hybridized carbons (Fsp3) is 0.500.